The molecular formula is C25H33Cl3N6O3. The summed E-state index contributed by atoms with van der Waals surface area (Å²) >= 11 is 18.6. The van der Waals surface area contributed by atoms with Crippen LogP contribution in [0.4, 0.5) is 0 Å². The van der Waals surface area contributed by atoms with E-state index in [4.69, 9.17) is 39.8 Å². The zero-order chi connectivity index (χ0) is 27.3. The van der Waals surface area contributed by atoms with Crippen LogP contribution in [0.1, 0.15) is 49.6 Å². The lowest BCUT2D eigenvalue weighted by Crippen LogP contribution is -2.35. The minimum Gasteiger partial charge on any atom is -0.395 e. The molecule has 0 spiro atoms. The number of aromatic amines is 1. The number of hydrogen-bond donors (Lipinski definition) is 4. The molecule has 1 unspecified atom stereocenters. The topological polar surface area (TPSA) is 121 Å². The average Bonchev–Trinajstić information content (AvgIpc) is 3.35. The molecule has 9 nitrogen and oxygen atoms in total. The van der Waals surface area contributed by atoms with Crippen LogP contribution in [-0.2, 0) is 26.6 Å². The summed E-state index contributed by atoms with van der Waals surface area (Å²) in [6, 6.07) is 3.52. The van der Waals surface area contributed by atoms with Crippen LogP contribution in [0.2, 0.25) is 0 Å². The fraction of sp³-hybridized carbons (Fsp3) is 0.480. The van der Waals surface area contributed by atoms with Gasteiger partial charge in [0.25, 0.3) is 5.56 Å². The standard InChI is InChI=1S/C25H33Cl3N6O3/c1-14(2)23-22-24(34(32-23)11-17(28)8-16(27)7-15(3)26)30-21(31-25(22)37)9-19-5-6-20(33(19)4)10-29-18(12-35)13-36/h5-8,14-15,18,29,35-36H,9-13H2,1-4H3,(H,30,31,37)/b16-7+,17-8+. The van der Waals surface area contributed by atoms with E-state index in [0.717, 1.165) is 11.4 Å². The number of alkyl halides is 1. The summed E-state index contributed by atoms with van der Waals surface area (Å²) in [6.45, 7) is 6.09. The van der Waals surface area contributed by atoms with Crippen molar-refractivity contribution in [2.24, 2.45) is 7.05 Å². The van der Waals surface area contributed by atoms with Crippen molar-refractivity contribution in [2.75, 3.05) is 13.2 Å². The van der Waals surface area contributed by atoms with E-state index in [1.165, 1.54) is 0 Å². The monoisotopic (exact) mass is 570 g/mol. The molecule has 0 aliphatic carbocycles. The molecule has 0 saturated heterocycles. The van der Waals surface area contributed by atoms with Crippen molar-refractivity contribution >= 4 is 45.8 Å². The van der Waals surface area contributed by atoms with E-state index in [2.05, 4.69) is 15.4 Å². The smallest absolute Gasteiger partial charge is 0.262 e. The number of H-pyrrole nitrogens is 1. The zero-order valence-electron chi connectivity index (χ0n) is 21.3. The summed E-state index contributed by atoms with van der Waals surface area (Å²) in [5, 5.41) is 27.3. The quantitative estimate of drug-likeness (QED) is 0.195. The third kappa shape index (κ3) is 7.46. The first kappa shape index (κ1) is 29.4. The summed E-state index contributed by atoms with van der Waals surface area (Å²) in [6.07, 6.45) is 3.67. The van der Waals surface area contributed by atoms with Crippen molar-refractivity contribution in [3.05, 3.63) is 67.6 Å². The minimum absolute atomic E-state index is 0.00503. The predicted octanol–water partition coefficient (Wildman–Crippen LogP) is 3.49. The number of nitrogens with one attached hydrogen (secondary N) is 2. The first-order valence-corrected chi connectivity index (χ1v) is 13.2. The number of aromatic nitrogens is 5. The van der Waals surface area contributed by atoms with Gasteiger partial charge in [0, 0.05) is 41.5 Å². The molecule has 3 rings (SSSR count). The van der Waals surface area contributed by atoms with Crippen LogP contribution in [0.3, 0.4) is 0 Å². The predicted molar refractivity (Wildman–Crippen MR) is 148 cm³/mol. The first-order valence-electron chi connectivity index (χ1n) is 12.0. The Morgan fingerprint density at radius 1 is 1.19 bits per heavy atom. The highest BCUT2D eigenvalue weighted by atomic mass is 35.5. The van der Waals surface area contributed by atoms with E-state index in [1.807, 2.05) is 37.6 Å². The van der Waals surface area contributed by atoms with Gasteiger partial charge in [0.15, 0.2) is 5.65 Å². The average molecular weight is 572 g/mol. The second-order valence-corrected chi connectivity index (χ2v) is 10.8. The number of aliphatic hydroxyl groups excluding tert-OH is 2. The van der Waals surface area contributed by atoms with Gasteiger partial charge in [-0.3, -0.25) is 4.79 Å². The van der Waals surface area contributed by atoms with E-state index >= 15 is 0 Å². The lowest BCUT2D eigenvalue weighted by molar-refractivity contribution is 0.170. The summed E-state index contributed by atoms with van der Waals surface area (Å²) in [4.78, 5) is 20.8. The highest BCUT2D eigenvalue weighted by Crippen LogP contribution is 2.23. The van der Waals surface area contributed by atoms with Crippen LogP contribution in [0.5, 0.6) is 0 Å². The van der Waals surface area contributed by atoms with Crippen LogP contribution >= 0.6 is 34.8 Å². The van der Waals surface area contributed by atoms with Gasteiger partial charge in [-0.15, -0.1) is 11.6 Å². The fourth-order valence-electron chi connectivity index (χ4n) is 3.92. The van der Waals surface area contributed by atoms with E-state index in [-0.39, 0.29) is 42.7 Å². The molecule has 3 aromatic heterocycles. The Labute approximate surface area is 230 Å². The summed E-state index contributed by atoms with van der Waals surface area (Å²) < 4.78 is 3.62. The maximum atomic E-state index is 13.1. The summed E-state index contributed by atoms with van der Waals surface area (Å²) in [7, 11) is 1.92. The van der Waals surface area contributed by atoms with Gasteiger partial charge in [-0.25, -0.2) is 9.67 Å². The molecule has 3 heterocycles. The Bertz CT molecular complexity index is 1340. The number of fused-ring (bicyclic) bond motifs is 1. The Morgan fingerprint density at radius 2 is 1.86 bits per heavy atom. The minimum atomic E-state index is -0.390. The maximum Gasteiger partial charge on any atom is 0.262 e. The van der Waals surface area contributed by atoms with Crippen molar-refractivity contribution in [3.63, 3.8) is 0 Å². The lowest BCUT2D eigenvalue weighted by atomic mass is 10.1. The van der Waals surface area contributed by atoms with Gasteiger partial charge in [0.2, 0.25) is 0 Å². The third-order valence-corrected chi connectivity index (χ3v) is 6.49. The number of halogens is 3. The number of aliphatic hydroxyl groups is 2. The summed E-state index contributed by atoms with van der Waals surface area (Å²) in [5.41, 5.74) is 2.73. The largest absolute Gasteiger partial charge is 0.395 e. The molecule has 202 valence electrons. The normalized spacial score (nSPS) is 13.9. The summed E-state index contributed by atoms with van der Waals surface area (Å²) in [5.74, 6) is 0.498. The van der Waals surface area contributed by atoms with Gasteiger partial charge in [-0.2, -0.15) is 5.10 Å². The molecule has 0 aromatic carbocycles. The molecule has 0 aliphatic heterocycles. The van der Waals surface area contributed by atoms with Gasteiger partial charge in [0.05, 0.1) is 36.9 Å². The van der Waals surface area contributed by atoms with Gasteiger partial charge < -0.3 is 25.1 Å². The molecular weight excluding hydrogens is 539 g/mol. The number of nitrogens with zero attached hydrogens (tertiary/aromatic N) is 4. The molecule has 0 aliphatic rings. The van der Waals surface area contributed by atoms with Crippen molar-refractivity contribution < 1.29 is 10.2 Å². The van der Waals surface area contributed by atoms with Gasteiger partial charge in [-0.05, 0) is 37.1 Å². The van der Waals surface area contributed by atoms with Crippen LogP contribution in [0, 0.1) is 0 Å². The molecule has 0 bridgehead atoms. The third-order valence-electron chi connectivity index (χ3n) is 5.90. The number of hydrogen-bond acceptors (Lipinski definition) is 6. The van der Waals surface area contributed by atoms with Crippen LogP contribution in [0.25, 0.3) is 11.0 Å². The molecule has 1 atom stereocenters. The van der Waals surface area contributed by atoms with E-state index in [9.17, 15) is 15.0 Å². The molecule has 0 saturated carbocycles. The Hall–Kier alpha value is -2.14. The van der Waals surface area contributed by atoms with Gasteiger partial charge in [0.1, 0.15) is 11.2 Å². The van der Waals surface area contributed by atoms with Crippen LogP contribution in [-0.4, -0.2) is 59.2 Å². The Kier molecular flexibility index (Phi) is 10.4. The Balaban J connectivity index is 1.94. The molecule has 0 radical (unpaired) electrons. The lowest BCUT2D eigenvalue weighted by Gasteiger charge is -2.14. The van der Waals surface area contributed by atoms with Gasteiger partial charge >= 0.3 is 0 Å². The fourth-order valence-corrected chi connectivity index (χ4v) is 4.73. The SMILES string of the molecule is CC(Cl)/C=C(Cl)\C=C(\Cl)Cn1nc(C(C)C)c2c(=O)[nH]c(Cc3ccc(CNC(CO)CO)n3C)nc21. The second kappa shape index (κ2) is 13.1. The van der Waals surface area contributed by atoms with Crippen LogP contribution in [0.15, 0.2) is 39.1 Å². The molecule has 4 N–H and O–H groups in total. The Morgan fingerprint density at radius 3 is 2.49 bits per heavy atom. The van der Waals surface area contributed by atoms with E-state index in [1.54, 1.807) is 23.8 Å². The van der Waals surface area contributed by atoms with E-state index in [0.29, 0.717) is 45.6 Å². The number of rotatable bonds is 12. The van der Waals surface area contributed by atoms with E-state index < -0.39 is 0 Å². The molecule has 12 heteroatoms. The van der Waals surface area contributed by atoms with Crippen LogP contribution < -0.4 is 10.9 Å². The second-order valence-electron chi connectivity index (χ2n) is 9.22. The van der Waals surface area contributed by atoms with Crippen molar-refractivity contribution in [1.29, 1.82) is 0 Å². The maximum absolute atomic E-state index is 13.1. The molecule has 0 fully saturated rings. The first-order chi connectivity index (χ1) is 17.5. The molecule has 3 aromatic rings. The van der Waals surface area contributed by atoms with Crippen molar-refractivity contribution in [3.8, 4) is 0 Å². The highest BCUT2D eigenvalue weighted by Gasteiger charge is 2.20. The number of allylic oxidation sites excluding steroid dienone is 4. The molecule has 37 heavy (non-hydrogen) atoms. The van der Waals surface area contributed by atoms with Crippen molar-refractivity contribution in [2.45, 2.75) is 57.6 Å². The molecule has 0 amide bonds. The highest BCUT2D eigenvalue weighted by molar-refractivity contribution is 6.35. The zero-order valence-corrected chi connectivity index (χ0v) is 23.6. The van der Waals surface area contributed by atoms with Crippen molar-refractivity contribution in [1.82, 2.24) is 29.6 Å². The van der Waals surface area contributed by atoms with Gasteiger partial charge in [-0.1, -0.05) is 37.0 Å².